The fourth-order valence-electron chi connectivity index (χ4n) is 2.58. The van der Waals surface area contributed by atoms with E-state index in [1.807, 2.05) is 11.9 Å². The van der Waals surface area contributed by atoms with Gasteiger partial charge in [0.05, 0.1) is 0 Å². The minimum atomic E-state index is 0. The molecule has 1 saturated carbocycles. The van der Waals surface area contributed by atoms with Crippen molar-refractivity contribution in [2.75, 3.05) is 19.3 Å². The van der Waals surface area contributed by atoms with Crippen LogP contribution >= 0.6 is 11.9 Å². The molecule has 2 rings (SSSR count). The number of ether oxygens (including phenoxy) is 1. The maximum Gasteiger partial charge on any atom is 0.0239 e. The Hall–Kier alpha value is 0.764. The molecule has 2 aliphatic rings. The molecule has 4 heteroatoms. The van der Waals surface area contributed by atoms with Gasteiger partial charge in [-0.25, -0.2) is 7.11 Å². The van der Waals surface area contributed by atoms with Gasteiger partial charge < -0.3 is 4.74 Å². The fourth-order valence-corrected chi connectivity index (χ4v) is 3.12. The van der Waals surface area contributed by atoms with Crippen LogP contribution in [0.3, 0.4) is 0 Å². The van der Waals surface area contributed by atoms with Crippen molar-refractivity contribution in [1.82, 2.24) is 4.31 Å². The molecule has 1 aliphatic carbocycles. The molecule has 0 radical (unpaired) electrons. The molecule has 14 heavy (non-hydrogen) atoms. The maximum atomic E-state index is 5.10. The molecule has 1 spiro atoms. The molecule has 0 N–H and O–H groups in total. The minimum absolute atomic E-state index is 0. The Bertz CT molecular complexity index is 175. The van der Waals surface area contributed by atoms with Crippen LogP contribution in [0.4, 0.5) is 0 Å². The van der Waals surface area contributed by atoms with Gasteiger partial charge in [-0.05, 0) is 37.4 Å². The van der Waals surface area contributed by atoms with E-state index in [0.29, 0.717) is 11.5 Å². The molecule has 0 aromatic carbocycles. The molecule has 1 heterocycles. The Morgan fingerprint density at radius 3 is 2.36 bits per heavy atom. The SMILES string of the molecule is [CH2-]OC1CC2(CCN(SC)CC2)C1.[Ni]. The van der Waals surface area contributed by atoms with E-state index in [1.54, 1.807) is 0 Å². The minimum Gasteiger partial charge on any atom is -0.553 e. The van der Waals surface area contributed by atoms with Crippen molar-refractivity contribution < 1.29 is 21.2 Å². The smallest absolute Gasteiger partial charge is 0.0239 e. The van der Waals surface area contributed by atoms with Crippen LogP contribution in [-0.2, 0) is 21.2 Å². The summed E-state index contributed by atoms with van der Waals surface area (Å²) >= 11 is 1.88. The third-order valence-electron chi connectivity index (χ3n) is 3.60. The zero-order valence-electron chi connectivity index (χ0n) is 8.61. The van der Waals surface area contributed by atoms with Crippen LogP contribution in [0.5, 0.6) is 0 Å². The predicted molar refractivity (Wildman–Crippen MR) is 56.2 cm³/mol. The molecule has 2 fully saturated rings. The third kappa shape index (κ3) is 2.47. The summed E-state index contributed by atoms with van der Waals surface area (Å²) in [4.78, 5) is 0. The van der Waals surface area contributed by atoms with Gasteiger partial charge in [0.15, 0.2) is 0 Å². The Labute approximate surface area is 101 Å². The van der Waals surface area contributed by atoms with E-state index in [1.165, 1.54) is 38.8 Å². The first-order chi connectivity index (χ1) is 6.28. The Kier molecular flexibility index (Phi) is 4.77. The summed E-state index contributed by atoms with van der Waals surface area (Å²) in [6.45, 7) is 2.51. The summed E-state index contributed by atoms with van der Waals surface area (Å²) < 4.78 is 7.56. The van der Waals surface area contributed by atoms with E-state index in [0.717, 1.165) is 0 Å². The number of hydrogen-bond donors (Lipinski definition) is 0. The summed E-state index contributed by atoms with van der Waals surface area (Å²) in [6, 6.07) is 0. The molecule has 1 saturated heterocycles. The van der Waals surface area contributed by atoms with E-state index < -0.39 is 0 Å². The van der Waals surface area contributed by atoms with Gasteiger partial charge in [0, 0.05) is 35.7 Å². The van der Waals surface area contributed by atoms with Gasteiger partial charge in [0.2, 0.25) is 0 Å². The second kappa shape index (κ2) is 5.20. The van der Waals surface area contributed by atoms with Crippen LogP contribution in [0.1, 0.15) is 25.7 Å². The summed E-state index contributed by atoms with van der Waals surface area (Å²) in [5.41, 5.74) is 0.634. The molecule has 0 bridgehead atoms. The Morgan fingerprint density at radius 1 is 1.36 bits per heavy atom. The second-order valence-corrected chi connectivity index (χ2v) is 5.19. The van der Waals surface area contributed by atoms with Gasteiger partial charge >= 0.3 is 0 Å². The summed E-state index contributed by atoms with van der Waals surface area (Å²) in [7, 11) is 3.50. The molecular formula is C10H18NNiOS-. The normalized spacial score (nSPS) is 27.0. The van der Waals surface area contributed by atoms with Gasteiger partial charge in [0.25, 0.3) is 0 Å². The van der Waals surface area contributed by atoms with Crippen LogP contribution in [-0.4, -0.2) is 29.8 Å². The van der Waals surface area contributed by atoms with Crippen LogP contribution in [0.15, 0.2) is 0 Å². The van der Waals surface area contributed by atoms with E-state index in [9.17, 15) is 0 Å². The first-order valence-corrected chi connectivity index (χ1v) is 6.16. The molecule has 2 nitrogen and oxygen atoms in total. The number of piperidine rings is 1. The number of nitrogens with zero attached hydrogens (tertiary/aromatic N) is 1. The first kappa shape index (κ1) is 12.8. The Morgan fingerprint density at radius 2 is 1.93 bits per heavy atom. The Balaban J connectivity index is 0.000000980. The first-order valence-electron chi connectivity index (χ1n) is 4.98. The van der Waals surface area contributed by atoms with E-state index in [4.69, 9.17) is 4.74 Å². The maximum absolute atomic E-state index is 5.10. The molecule has 86 valence electrons. The average molecular weight is 259 g/mol. The second-order valence-electron chi connectivity index (χ2n) is 4.31. The number of hydrogen-bond acceptors (Lipinski definition) is 3. The predicted octanol–water partition coefficient (Wildman–Crippen LogP) is 2.31. The average Bonchev–Trinajstić information content (AvgIpc) is 2.14. The molecule has 0 aromatic heterocycles. The van der Waals surface area contributed by atoms with Crippen molar-refractivity contribution in [3.63, 3.8) is 0 Å². The zero-order valence-corrected chi connectivity index (χ0v) is 10.4. The van der Waals surface area contributed by atoms with E-state index in [2.05, 4.69) is 17.7 Å². The quantitative estimate of drug-likeness (QED) is 0.429. The van der Waals surface area contributed by atoms with Crippen molar-refractivity contribution in [2.45, 2.75) is 31.8 Å². The molecule has 0 atom stereocenters. The van der Waals surface area contributed by atoms with Crippen LogP contribution < -0.4 is 0 Å². The van der Waals surface area contributed by atoms with E-state index >= 15 is 0 Å². The third-order valence-corrected chi connectivity index (χ3v) is 4.48. The molecular weight excluding hydrogens is 241 g/mol. The van der Waals surface area contributed by atoms with Crippen LogP contribution in [0, 0.1) is 12.5 Å². The van der Waals surface area contributed by atoms with Crippen molar-refractivity contribution in [3.05, 3.63) is 7.11 Å². The van der Waals surface area contributed by atoms with Crippen LogP contribution in [0.25, 0.3) is 0 Å². The van der Waals surface area contributed by atoms with Crippen molar-refractivity contribution in [3.8, 4) is 0 Å². The van der Waals surface area contributed by atoms with Gasteiger partial charge in [-0.2, -0.15) is 0 Å². The summed E-state index contributed by atoms with van der Waals surface area (Å²) in [6.07, 6.45) is 7.83. The van der Waals surface area contributed by atoms with Gasteiger partial charge in [-0.3, -0.25) is 4.31 Å². The van der Waals surface area contributed by atoms with Crippen molar-refractivity contribution in [2.24, 2.45) is 5.41 Å². The monoisotopic (exact) mass is 258 g/mol. The molecule has 0 unspecified atom stereocenters. The summed E-state index contributed by atoms with van der Waals surface area (Å²) in [5, 5.41) is 0. The standard InChI is InChI=1S/C10H18NOS.Ni/c1-12-9-7-10(8-9)3-5-11(13-2)6-4-10;/h9H,1,3-8H2,2H3;/q-1;. The van der Waals surface area contributed by atoms with E-state index in [-0.39, 0.29) is 16.5 Å². The topological polar surface area (TPSA) is 12.5 Å². The van der Waals surface area contributed by atoms with Crippen molar-refractivity contribution in [1.29, 1.82) is 0 Å². The summed E-state index contributed by atoms with van der Waals surface area (Å²) in [5.74, 6) is 0. The van der Waals surface area contributed by atoms with Gasteiger partial charge in [0.1, 0.15) is 0 Å². The van der Waals surface area contributed by atoms with Crippen molar-refractivity contribution >= 4 is 11.9 Å². The molecule has 0 aromatic rings. The zero-order chi connectivity index (χ0) is 9.31. The molecule has 1 aliphatic heterocycles. The van der Waals surface area contributed by atoms with Crippen LogP contribution in [0.2, 0.25) is 0 Å². The fraction of sp³-hybridized carbons (Fsp3) is 0.900. The largest absolute Gasteiger partial charge is 0.553 e. The van der Waals surface area contributed by atoms with Gasteiger partial charge in [-0.15, -0.1) is 0 Å². The number of rotatable bonds is 2. The van der Waals surface area contributed by atoms with Gasteiger partial charge in [-0.1, -0.05) is 11.9 Å². The molecule has 0 amide bonds.